The number of aryl methyl sites for hydroxylation is 1. The van der Waals surface area contributed by atoms with Crippen LogP contribution in [0.3, 0.4) is 0 Å². The fourth-order valence-electron chi connectivity index (χ4n) is 3.47. The Morgan fingerprint density at radius 1 is 1.39 bits per heavy atom. The van der Waals surface area contributed by atoms with Crippen LogP contribution >= 0.6 is 0 Å². The van der Waals surface area contributed by atoms with Gasteiger partial charge in [0.15, 0.2) is 0 Å². The molecule has 174 valence electrons. The molecule has 0 spiro atoms. The molecule has 1 saturated carbocycles. The van der Waals surface area contributed by atoms with Gasteiger partial charge in [0, 0.05) is 42.5 Å². The minimum absolute atomic E-state index is 0.335. The molecule has 33 heavy (non-hydrogen) atoms. The minimum atomic E-state index is 0.335. The van der Waals surface area contributed by atoms with Crippen molar-refractivity contribution in [1.82, 2.24) is 14.8 Å². The molecule has 7 heteroatoms. The van der Waals surface area contributed by atoms with Gasteiger partial charge < -0.3 is 16.4 Å². The Bertz CT molecular complexity index is 1100. The van der Waals surface area contributed by atoms with E-state index < -0.39 is 0 Å². The normalized spacial score (nSPS) is 15.8. The van der Waals surface area contributed by atoms with E-state index in [-0.39, 0.29) is 0 Å². The number of hydrogen-bond donors (Lipinski definition) is 3. The number of aliphatic imine (C=N–C) groups is 1. The fourth-order valence-corrected chi connectivity index (χ4v) is 3.47. The van der Waals surface area contributed by atoms with Gasteiger partial charge in [-0.2, -0.15) is 5.10 Å². The van der Waals surface area contributed by atoms with Crippen molar-refractivity contribution in [3.8, 4) is 0 Å². The van der Waals surface area contributed by atoms with E-state index in [0.717, 1.165) is 34.6 Å². The lowest BCUT2D eigenvalue weighted by Gasteiger charge is -2.16. The molecule has 0 radical (unpaired) electrons. The van der Waals surface area contributed by atoms with E-state index in [2.05, 4.69) is 58.6 Å². The van der Waals surface area contributed by atoms with E-state index in [4.69, 9.17) is 10.7 Å². The average Bonchev–Trinajstić information content (AvgIpc) is 3.56. The van der Waals surface area contributed by atoms with E-state index >= 15 is 0 Å². The largest absolute Gasteiger partial charge is 0.404 e. The quantitative estimate of drug-likeness (QED) is 0.316. The third-order valence-corrected chi connectivity index (χ3v) is 5.96. The highest BCUT2D eigenvalue weighted by Crippen LogP contribution is 2.35. The molecule has 1 fully saturated rings. The first-order valence-corrected chi connectivity index (χ1v) is 11.4. The summed E-state index contributed by atoms with van der Waals surface area (Å²) >= 11 is 0. The molecule has 0 saturated heterocycles. The van der Waals surface area contributed by atoms with E-state index in [1.54, 1.807) is 12.3 Å². The molecule has 7 nitrogen and oxygen atoms in total. The highest BCUT2D eigenvalue weighted by Gasteiger charge is 2.25. The first-order chi connectivity index (χ1) is 15.9. The standard InChI is InChI=1S/C26H35N7/c1-7-17(3)24(20-13-31-33(16-20)22-9-10-22)15-30-25(8-2)23(12-27)18(4)32-26-11-21(28-6)14-29-19(26)5/h8,11-17,22,28,32H,2,4,7,9-10,27H2,1,3,5-6H3/b23-12-,24-15+,30-25-. The van der Waals surface area contributed by atoms with Gasteiger partial charge in [-0.3, -0.25) is 14.7 Å². The Morgan fingerprint density at radius 2 is 2.15 bits per heavy atom. The summed E-state index contributed by atoms with van der Waals surface area (Å²) in [6.45, 7) is 14.4. The number of allylic oxidation sites excluding steroid dienone is 3. The van der Waals surface area contributed by atoms with Crippen molar-refractivity contribution in [3.63, 3.8) is 0 Å². The van der Waals surface area contributed by atoms with Crippen molar-refractivity contribution in [2.45, 2.75) is 46.1 Å². The predicted molar refractivity (Wildman–Crippen MR) is 139 cm³/mol. The summed E-state index contributed by atoms with van der Waals surface area (Å²) in [6, 6.07) is 2.52. The Hall–Kier alpha value is -3.61. The maximum Gasteiger partial charge on any atom is 0.0731 e. The van der Waals surface area contributed by atoms with Gasteiger partial charge in [0.25, 0.3) is 0 Å². The maximum atomic E-state index is 5.99. The molecule has 3 rings (SSSR count). The lowest BCUT2D eigenvalue weighted by molar-refractivity contribution is 0.641. The number of anilines is 2. The van der Waals surface area contributed by atoms with Gasteiger partial charge in [0.05, 0.1) is 41.2 Å². The Kier molecular flexibility index (Phi) is 7.87. The van der Waals surface area contributed by atoms with Gasteiger partial charge in [-0.1, -0.05) is 27.0 Å². The van der Waals surface area contributed by atoms with E-state index in [0.29, 0.717) is 28.9 Å². The Labute approximate surface area is 196 Å². The summed E-state index contributed by atoms with van der Waals surface area (Å²) in [7, 11) is 1.86. The zero-order chi connectivity index (χ0) is 24.0. The lowest BCUT2D eigenvalue weighted by atomic mass is 9.95. The van der Waals surface area contributed by atoms with Crippen LogP contribution in [0.2, 0.25) is 0 Å². The zero-order valence-corrected chi connectivity index (χ0v) is 20.1. The summed E-state index contributed by atoms with van der Waals surface area (Å²) in [4.78, 5) is 9.18. The first-order valence-electron chi connectivity index (χ1n) is 11.4. The number of nitrogens with two attached hydrogens (primary N) is 1. The van der Waals surface area contributed by atoms with Crippen LogP contribution in [-0.4, -0.2) is 27.5 Å². The van der Waals surface area contributed by atoms with Crippen LogP contribution in [0.1, 0.15) is 50.4 Å². The topological polar surface area (TPSA) is 93.2 Å². The van der Waals surface area contributed by atoms with Crippen molar-refractivity contribution >= 4 is 22.7 Å². The average molecular weight is 446 g/mol. The minimum Gasteiger partial charge on any atom is -0.404 e. The summed E-state index contributed by atoms with van der Waals surface area (Å²) in [6.07, 6.45) is 14.4. The van der Waals surface area contributed by atoms with Crippen LogP contribution in [0.4, 0.5) is 11.4 Å². The van der Waals surface area contributed by atoms with Crippen molar-refractivity contribution < 1.29 is 0 Å². The van der Waals surface area contributed by atoms with Gasteiger partial charge in [-0.05, 0) is 49.8 Å². The van der Waals surface area contributed by atoms with Crippen LogP contribution in [-0.2, 0) is 0 Å². The molecule has 0 amide bonds. The monoisotopic (exact) mass is 445 g/mol. The highest BCUT2D eigenvalue weighted by atomic mass is 15.3. The van der Waals surface area contributed by atoms with E-state index in [1.807, 2.05) is 32.4 Å². The molecule has 1 aliphatic rings. The molecule has 0 aliphatic heterocycles. The molecule has 2 heterocycles. The first kappa shape index (κ1) is 24.0. The summed E-state index contributed by atoms with van der Waals surface area (Å²) in [5.41, 5.74) is 12.8. The molecule has 0 aromatic carbocycles. The Morgan fingerprint density at radius 3 is 2.76 bits per heavy atom. The fraction of sp³-hybridized carbons (Fsp3) is 0.346. The van der Waals surface area contributed by atoms with Crippen molar-refractivity contribution in [2.75, 3.05) is 17.7 Å². The van der Waals surface area contributed by atoms with Gasteiger partial charge in [0.2, 0.25) is 0 Å². The highest BCUT2D eigenvalue weighted by molar-refractivity contribution is 6.11. The number of hydrogen-bond acceptors (Lipinski definition) is 6. The summed E-state index contributed by atoms with van der Waals surface area (Å²) < 4.78 is 2.07. The van der Waals surface area contributed by atoms with Crippen LogP contribution < -0.4 is 16.4 Å². The van der Waals surface area contributed by atoms with Crippen molar-refractivity contribution in [3.05, 3.63) is 78.8 Å². The van der Waals surface area contributed by atoms with Crippen LogP contribution in [0.5, 0.6) is 0 Å². The molecule has 4 N–H and O–H groups in total. The van der Waals surface area contributed by atoms with Gasteiger partial charge in [-0.15, -0.1) is 0 Å². The SMILES string of the molecule is C=CC(=N/C=C(/c1cnn(C2CC2)c1)C(C)CC)/C(=C\N)C(=C)Nc1cc(NC)cnc1C. The second-order valence-corrected chi connectivity index (χ2v) is 8.34. The van der Waals surface area contributed by atoms with Gasteiger partial charge in [0.1, 0.15) is 0 Å². The van der Waals surface area contributed by atoms with Gasteiger partial charge in [-0.25, -0.2) is 0 Å². The molecular formula is C26H35N7. The molecule has 2 aromatic rings. The second-order valence-electron chi connectivity index (χ2n) is 8.34. The molecule has 1 aliphatic carbocycles. The third-order valence-electron chi connectivity index (χ3n) is 5.96. The van der Waals surface area contributed by atoms with Gasteiger partial charge >= 0.3 is 0 Å². The molecule has 1 atom stereocenters. The van der Waals surface area contributed by atoms with E-state index in [9.17, 15) is 0 Å². The predicted octanol–water partition coefficient (Wildman–Crippen LogP) is 5.45. The maximum absolute atomic E-state index is 5.99. The zero-order valence-electron chi connectivity index (χ0n) is 20.1. The molecule has 0 bridgehead atoms. The lowest BCUT2D eigenvalue weighted by Crippen LogP contribution is -2.12. The van der Waals surface area contributed by atoms with Crippen LogP contribution in [0, 0.1) is 12.8 Å². The number of rotatable bonds is 11. The van der Waals surface area contributed by atoms with Crippen molar-refractivity contribution in [2.24, 2.45) is 16.6 Å². The third kappa shape index (κ3) is 5.80. The number of pyridine rings is 1. The Balaban J connectivity index is 1.88. The van der Waals surface area contributed by atoms with E-state index in [1.165, 1.54) is 19.0 Å². The number of nitrogens with zero attached hydrogens (tertiary/aromatic N) is 4. The summed E-state index contributed by atoms with van der Waals surface area (Å²) in [5, 5.41) is 11.0. The molecule has 1 unspecified atom stereocenters. The molecular weight excluding hydrogens is 410 g/mol. The van der Waals surface area contributed by atoms with Crippen molar-refractivity contribution in [1.29, 1.82) is 0 Å². The second kappa shape index (κ2) is 10.8. The number of aromatic nitrogens is 3. The van der Waals surface area contributed by atoms with Crippen LogP contribution in [0.15, 0.2) is 72.6 Å². The molecule has 2 aromatic heterocycles. The van der Waals surface area contributed by atoms with Crippen LogP contribution in [0.25, 0.3) is 5.57 Å². The number of nitrogens with one attached hydrogen (secondary N) is 2. The smallest absolute Gasteiger partial charge is 0.0731 e. The summed E-state index contributed by atoms with van der Waals surface area (Å²) in [5.74, 6) is 0.335.